The van der Waals surface area contributed by atoms with E-state index in [9.17, 15) is 14.9 Å². The zero-order chi connectivity index (χ0) is 21.7. The Morgan fingerprint density at radius 2 is 1.83 bits per heavy atom. The average molecular weight is 449 g/mol. The number of rotatable bonds is 7. The number of nitrogens with one attached hydrogen (secondary N) is 3. The summed E-state index contributed by atoms with van der Waals surface area (Å²) in [6, 6.07) is 11.3. The molecule has 0 radical (unpaired) electrons. The fraction of sp³-hybridized carbons (Fsp3) is 0.0556. The Labute approximate surface area is 180 Å². The van der Waals surface area contributed by atoms with Crippen LogP contribution in [0.3, 0.4) is 0 Å². The van der Waals surface area contributed by atoms with E-state index in [1.807, 2.05) is 0 Å². The van der Waals surface area contributed by atoms with E-state index in [2.05, 4.69) is 26.1 Å². The normalized spacial score (nSPS) is 10.2. The second kappa shape index (κ2) is 9.25. The Kier molecular flexibility index (Phi) is 6.50. The Bertz CT molecular complexity index is 1110. The monoisotopic (exact) mass is 448 g/mol. The Balaban J connectivity index is 1.87. The van der Waals surface area contributed by atoms with E-state index in [0.29, 0.717) is 11.4 Å². The summed E-state index contributed by atoms with van der Waals surface area (Å²) in [4.78, 5) is 31.1. The summed E-state index contributed by atoms with van der Waals surface area (Å²) in [5, 5.41) is 14.8. The fourth-order valence-electron chi connectivity index (χ4n) is 2.48. The molecule has 0 atom stereocenters. The molecule has 3 rings (SSSR count). The van der Waals surface area contributed by atoms with Crippen LogP contribution in [0.2, 0.25) is 10.0 Å². The van der Waals surface area contributed by atoms with Gasteiger partial charge in [0, 0.05) is 0 Å². The quantitative estimate of drug-likeness (QED) is 0.361. The van der Waals surface area contributed by atoms with Crippen molar-refractivity contribution < 1.29 is 14.5 Å². The van der Waals surface area contributed by atoms with Crippen molar-refractivity contribution in [1.82, 2.24) is 15.4 Å². The zero-order valence-electron chi connectivity index (χ0n) is 15.3. The third-order valence-electron chi connectivity index (χ3n) is 3.86. The van der Waals surface area contributed by atoms with Gasteiger partial charge in [-0.1, -0.05) is 41.4 Å². The van der Waals surface area contributed by atoms with Crippen molar-refractivity contribution in [3.05, 3.63) is 74.5 Å². The van der Waals surface area contributed by atoms with Crippen LogP contribution in [0, 0.1) is 10.1 Å². The summed E-state index contributed by atoms with van der Waals surface area (Å²) < 4.78 is 5.13. The number of anilines is 3. The molecule has 0 bridgehead atoms. The number of para-hydroxylation sites is 1. The van der Waals surface area contributed by atoms with Crippen LogP contribution in [-0.4, -0.2) is 27.9 Å². The maximum atomic E-state index is 12.4. The van der Waals surface area contributed by atoms with Gasteiger partial charge < -0.3 is 10.1 Å². The number of halogens is 2. The van der Waals surface area contributed by atoms with Gasteiger partial charge in [-0.05, 0) is 24.3 Å². The largest absolute Gasteiger partial charge is 0.496 e. The smallest absolute Gasteiger partial charge is 0.355 e. The molecular formula is C18H14Cl2N6O4. The van der Waals surface area contributed by atoms with Crippen LogP contribution in [0.1, 0.15) is 10.4 Å². The van der Waals surface area contributed by atoms with E-state index in [4.69, 9.17) is 27.9 Å². The third-order valence-corrected chi connectivity index (χ3v) is 4.67. The summed E-state index contributed by atoms with van der Waals surface area (Å²) >= 11 is 12.1. The standard InChI is InChI=1S/C18H14Cl2N6O4/c1-30-13-8-3-2-5-10(13)18(27)25-24-17-15(26(28)29)16(21-9-22-17)23-12-7-4-6-11(19)14(12)20/h2-9H,1H3,(H,25,27)(H2,21,22,23,24). The van der Waals surface area contributed by atoms with Gasteiger partial charge in [0.1, 0.15) is 12.1 Å². The molecule has 1 amide bonds. The van der Waals surface area contributed by atoms with E-state index < -0.39 is 16.5 Å². The number of carbonyl (C=O) groups is 1. The van der Waals surface area contributed by atoms with Crippen LogP contribution in [0.25, 0.3) is 0 Å². The average Bonchev–Trinajstić information content (AvgIpc) is 2.75. The third kappa shape index (κ3) is 4.50. The summed E-state index contributed by atoms with van der Waals surface area (Å²) in [6.07, 6.45) is 1.09. The highest BCUT2D eigenvalue weighted by molar-refractivity contribution is 6.43. The first-order valence-electron chi connectivity index (χ1n) is 8.32. The van der Waals surface area contributed by atoms with Crippen molar-refractivity contribution in [2.45, 2.75) is 0 Å². The predicted octanol–water partition coefficient (Wildman–Crippen LogP) is 4.20. The van der Waals surface area contributed by atoms with Gasteiger partial charge in [-0.2, -0.15) is 0 Å². The highest BCUT2D eigenvalue weighted by Gasteiger charge is 2.24. The van der Waals surface area contributed by atoms with E-state index >= 15 is 0 Å². The predicted molar refractivity (Wildman–Crippen MR) is 113 cm³/mol. The number of methoxy groups -OCH3 is 1. The topological polar surface area (TPSA) is 131 Å². The SMILES string of the molecule is COc1ccccc1C(=O)NNc1ncnc(Nc2cccc(Cl)c2Cl)c1[N+](=O)[O-]. The molecule has 0 aliphatic carbocycles. The lowest BCUT2D eigenvalue weighted by Gasteiger charge is -2.13. The van der Waals surface area contributed by atoms with Gasteiger partial charge in [-0.3, -0.25) is 25.8 Å². The lowest BCUT2D eigenvalue weighted by atomic mass is 10.2. The maximum absolute atomic E-state index is 12.4. The van der Waals surface area contributed by atoms with Crippen LogP contribution in [0.4, 0.5) is 23.0 Å². The Morgan fingerprint density at radius 3 is 2.57 bits per heavy atom. The van der Waals surface area contributed by atoms with Gasteiger partial charge >= 0.3 is 5.69 Å². The molecular weight excluding hydrogens is 435 g/mol. The molecule has 0 saturated carbocycles. The molecule has 30 heavy (non-hydrogen) atoms. The molecule has 10 nitrogen and oxygen atoms in total. The van der Waals surface area contributed by atoms with Gasteiger partial charge in [0.2, 0.25) is 11.6 Å². The number of hydrazine groups is 1. The molecule has 3 aromatic rings. The van der Waals surface area contributed by atoms with Crippen molar-refractivity contribution in [2.75, 3.05) is 17.9 Å². The summed E-state index contributed by atoms with van der Waals surface area (Å²) in [7, 11) is 1.42. The number of aromatic nitrogens is 2. The number of hydrogen-bond acceptors (Lipinski definition) is 8. The van der Waals surface area contributed by atoms with Gasteiger partial charge in [0.25, 0.3) is 5.91 Å². The van der Waals surface area contributed by atoms with E-state index in [1.54, 1.807) is 42.5 Å². The molecule has 1 heterocycles. The summed E-state index contributed by atoms with van der Waals surface area (Å²) in [6.45, 7) is 0. The highest BCUT2D eigenvalue weighted by Crippen LogP contribution is 2.35. The van der Waals surface area contributed by atoms with Crippen LogP contribution in [0.5, 0.6) is 5.75 Å². The molecule has 154 valence electrons. The second-order valence-electron chi connectivity index (χ2n) is 5.68. The molecule has 12 heteroatoms. The fourth-order valence-corrected chi connectivity index (χ4v) is 2.83. The Morgan fingerprint density at radius 1 is 1.10 bits per heavy atom. The van der Waals surface area contributed by atoms with Crippen molar-refractivity contribution in [3.63, 3.8) is 0 Å². The molecule has 0 aliphatic rings. The number of hydrogen-bond donors (Lipinski definition) is 3. The number of carbonyl (C=O) groups excluding carboxylic acids is 1. The van der Waals surface area contributed by atoms with Gasteiger partial charge in [0.15, 0.2) is 0 Å². The lowest BCUT2D eigenvalue weighted by Crippen LogP contribution is -2.30. The number of ether oxygens (including phenoxy) is 1. The summed E-state index contributed by atoms with van der Waals surface area (Å²) in [5.41, 5.74) is 4.85. The molecule has 3 N–H and O–H groups in total. The van der Waals surface area contributed by atoms with E-state index in [1.165, 1.54) is 7.11 Å². The maximum Gasteiger partial charge on any atom is 0.355 e. The van der Waals surface area contributed by atoms with Gasteiger partial charge in [0.05, 0.1) is 33.3 Å². The number of nitro groups is 1. The first kappa shape index (κ1) is 21.1. The van der Waals surface area contributed by atoms with Gasteiger partial charge in [-0.25, -0.2) is 9.97 Å². The van der Waals surface area contributed by atoms with Crippen LogP contribution in [-0.2, 0) is 0 Å². The van der Waals surface area contributed by atoms with Crippen molar-refractivity contribution in [1.29, 1.82) is 0 Å². The molecule has 0 saturated heterocycles. The molecule has 2 aromatic carbocycles. The van der Waals surface area contributed by atoms with Gasteiger partial charge in [-0.15, -0.1) is 0 Å². The van der Waals surface area contributed by atoms with E-state index in [-0.39, 0.29) is 27.2 Å². The summed E-state index contributed by atoms with van der Waals surface area (Å²) in [5.74, 6) is -0.619. The van der Waals surface area contributed by atoms with E-state index in [0.717, 1.165) is 6.33 Å². The van der Waals surface area contributed by atoms with Crippen LogP contribution < -0.4 is 20.9 Å². The minimum absolute atomic E-state index is 0.145. The van der Waals surface area contributed by atoms with Crippen molar-refractivity contribution in [3.8, 4) is 5.75 Å². The van der Waals surface area contributed by atoms with Crippen LogP contribution >= 0.6 is 23.2 Å². The van der Waals surface area contributed by atoms with Crippen LogP contribution in [0.15, 0.2) is 48.8 Å². The lowest BCUT2D eigenvalue weighted by molar-refractivity contribution is -0.383. The molecule has 1 aromatic heterocycles. The molecule has 0 fully saturated rings. The second-order valence-corrected chi connectivity index (χ2v) is 6.47. The van der Waals surface area contributed by atoms with Crippen molar-refractivity contribution >= 4 is 52.1 Å². The Hall–Kier alpha value is -3.63. The minimum Gasteiger partial charge on any atom is -0.496 e. The zero-order valence-corrected chi connectivity index (χ0v) is 16.9. The first-order valence-corrected chi connectivity index (χ1v) is 9.07. The molecule has 0 unspecified atom stereocenters. The minimum atomic E-state index is -0.696. The number of nitrogens with zero attached hydrogens (tertiary/aromatic N) is 3. The first-order chi connectivity index (χ1) is 14.4. The molecule has 0 aliphatic heterocycles. The number of benzene rings is 2. The highest BCUT2D eigenvalue weighted by atomic mass is 35.5. The van der Waals surface area contributed by atoms with Crippen molar-refractivity contribution in [2.24, 2.45) is 0 Å². The number of amides is 1. The molecule has 0 spiro atoms.